The fourth-order valence-electron chi connectivity index (χ4n) is 1.42. The van der Waals surface area contributed by atoms with Gasteiger partial charge in [-0.2, -0.15) is 16.4 Å². The van der Waals surface area contributed by atoms with Crippen molar-refractivity contribution < 1.29 is 14.3 Å². The maximum Gasteiger partial charge on any atom is 0.327 e. The Morgan fingerprint density at radius 3 is 3.06 bits per heavy atom. The number of carbonyl (C=O) groups is 2. The van der Waals surface area contributed by atoms with Gasteiger partial charge >= 0.3 is 5.97 Å². The molecule has 0 aliphatic heterocycles. The first-order chi connectivity index (χ1) is 8.24. The van der Waals surface area contributed by atoms with Crippen LogP contribution < -0.4 is 0 Å². The van der Waals surface area contributed by atoms with Crippen molar-refractivity contribution >= 4 is 23.6 Å². The van der Waals surface area contributed by atoms with Crippen molar-refractivity contribution in [2.75, 3.05) is 7.11 Å². The summed E-state index contributed by atoms with van der Waals surface area (Å²) in [7, 11) is 1.31. The molecule has 2 aromatic heterocycles. The molecule has 0 spiro atoms. The topological polar surface area (TPSA) is 61.2 Å². The highest BCUT2D eigenvalue weighted by atomic mass is 32.1. The van der Waals surface area contributed by atoms with Crippen LogP contribution in [0, 0.1) is 0 Å². The SMILES string of the molecule is COC(=O)Cn1cc(C=O)c(-c2ccsc2)n1. The van der Waals surface area contributed by atoms with Crippen LogP contribution in [0.25, 0.3) is 11.3 Å². The van der Waals surface area contributed by atoms with Crippen LogP contribution in [-0.4, -0.2) is 29.1 Å². The number of esters is 1. The lowest BCUT2D eigenvalue weighted by atomic mass is 10.2. The van der Waals surface area contributed by atoms with Crippen LogP contribution in [0.5, 0.6) is 0 Å². The molecular formula is C11H10N2O3S. The van der Waals surface area contributed by atoms with Crippen LogP contribution in [-0.2, 0) is 16.1 Å². The molecule has 0 saturated heterocycles. The van der Waals surface area contributed by atoms with Gasteiger partial charge < -0.3 is 4.74 Å². The number of hydrogen-bond donors (Lipinski definition) is 0. The van der Waals surface area contributed by atoms with E-state index in [1.165, 1.54) is 29.3 Å². The lowest BCUT2D eigenvalue weighted by molar-refractivity contribution is -0.141. The summed E-state index contributed by atoms with van der Waals surface area (Å²) in [4.78, 5) is 22.0. The molecule has 0 atom stereocenters. The summed E-state index contributed by atoms with van der Waals surface area (Å²) in [5.41, 5.74) is 1.93. The van der Waals surface area contributed by atoms with Gasteiger partial charge in [-0.3, -0.25) is 14.3 Å². The lowest BCUT2D eigenvalue weighted by Crippen LogP contribution is -2.11. The van der Waals surface area contributed by atoms with Crippen LogP contribution in [0.3, 0.4) is 0 Å². The first-order valence-electron chi connectivity index (χ1n) is 4.86. The Morgan fingerprint density at radius 2 is 2.47 bits per heavy atom. The summed E-state index contributed by atoms with van der Waals surface area (Å²) in [6, 6.07) is 1.88. The van der Waals surface area contributed by atoms with Crippen LogP contribution in [0.15, 0.2) is 23.0 Å². The van der Waals surface area contributed by atoms with Gasteiger partial charge in [0.15, 0.2) is 6.29 Å². The van der Waals surface area contributed by atoms with Crippen molar-refractivity contribution in [2.45, 2.75) is 6.54 Å². The molecule has 0 amide bonds. The van der Waals surface area contributed by atoms with E-state index >= 15 is 0 Å². The molecule has 0 N–H and O–H groups in total. The van der Waals surface area contributed by atoms with E-state index in [-0.39, 0.29) is 6.54 Å². The van der Waals surface area contributed by atoms with Crippen molar-refractivity contribution in [3.63, 3.8) is 0 Å². The van der Waals surface area contributed by atoms with E-state index in [4.69, 9.17) is 0 Å². The molecule has 0 aromatic carbocycles. The number of thiophene rings is 1. The van der Waals surface area contributed by atoms with Crippen molar-refractivity contribution in [3.8, 4) is 11.3 Å². The van der Waals surface area contributed by atoms with E-state index < -0.39 is 5.97 Å². The van der Waals surface area contributed by atoms with E-state index in [1.54, 1.807) is 0 Å². The number of carbonyl (C=O) groups excluding carboxylic acids is 2. The summed E-state index contributed by atoms with van der Waals surface area (Å²) in [6.07, 6.45) is 2.27. The van der Waals surface area contributed by atoms with Crippen molar-refractivity contribution in [1.29, 1.82) is 0 Å². The smallest absolute Gasteiger partial charge is 0.327 e. The quantitative estimate of drug-likeness (QED) is 0.610. The highest BCUT2D eigenvalue weighted by molar-refractivity contribution is 7.08. The van der Waals surface area contributed by atoms with Crippen LogP contribution in [0.2, 0.25) is 0 Å². The highest BCUT2D eigenvalue weighted by Crippen LogP contribution is 2.23. The summed E-state index contributed by atoms with van der Waals surface area (Å²) < 4.78 is 5.95. The molecule has 2 aromatic rings. The molecule has 2 rings (SSSR count). The largest absolute Gasteiger partial charge is 0.468 e. The minimum atomic E-state index is -0.401. The molecule has 0 bridgehead atoms. The zero-order valence-electron chi connectivity index (χ0n) is 9.12. The molecular weight excluding hydrogens is 240 g/mol. The predicted octanol–water partition coefficient (Wildman–Crippen LogP) is 1.60. The zero-order valence-corrected chi connectivity index (χ0v) is 9.94. The van der Waals surface area contributed by atoms with E-state index in [2.05, 4.69) is 9.84 Å². The van der Waals surface area contributed by atoms with Gasteiger partial charge in [-0.1, -0.05) is 0 Å². The molecule has 0 saturated carbocycles. The zero-order chi connectivity index (χ0) is 12.3. The van der Waals surface area contributed by atoms with Crippen molar-refractivity contribution in [3.05, 3.63) is 28.6 Å². The summed E-state index contributed by atoms with van der Waals surface area (Å²) in [5.74, 6) is -0.401. The molecule has 0 radical (unpaired) electrons. The van der Waals surface area contributed by atoms with Crippen LogP contribution in [0.1, 0.15) is 10.4 Å². The minimum absolute atomic E-state index is 0.00147. The normalized spacial score (nSPS) is 10.2. The summed E-state index contributed by atoms with van der Waals surface area (Å²) in [5, 5.41) is 8.01. The Balaban J connectivity index is 2.33. The average Bonchev–Trinajstić information content (AvgIpc) is 2.96. The molecule has 0 unspecified atom stereocenters. The Bertz CT molecular complexity index is 531. The van der Waals surface area contributed by atoms with Gasteiger partial charge in [0, 0.05) is 17.1 Å². The Hall–Kier alpha value is -1.95. The summed E-state index contributed by atoms with van der Waals surface area (Å²) >= 11 is 1.52. The maximum atomic E-state index is 11.1. The number of aromatic nitrogens is 2. The van der Waals surface area contributed by atoms with E-state index in [0.717, 1.165) is 11.8 Å². The first-order valence-corrected chi connectivity index (χ1v) is 5.81. The van der Waals surface area contributed by atoms with Gasteiger partial charge in [-0.25, -0.2) is 0 Å². The Morgan fingerprint density at radius 1 is 1.65 bits per heavy atom. The lowest BCUT2D eigenvalue weighted by Gasteiger charge is -1.98. The van der Waals surface area contributed by atoms with Gasteiger partial charge in [0.25, 0.3) is 0 Å². The highest BCUT2D eigenvalue weighted by Gasteiger charge is 2.12. The third kappa shape index (κ3) is 2.42. The number of methoxy groups -OCH3 is 1. The predicted molar refractivity (Wildman–Crippen MR) is 62.9 cm³/mol. The number of hydrogen-bond acceptors (Lipinski definition) is 5. The number of aldehydes is 1. The molecule has 17 heavy (non-hydrogen) atoms. The molecule has 0 aliphatic rings. The third-order valence-corrected chi connectivity index (χ3v) is 2.91. The van der Waals surface area contributed by atoms with Gasteiger partial charge in [-0.05, 0) is 11.4 Å². The minimum Gasteiger partial charge on any atom is -0.468 e. The van der Waals surface area contributed by atoms with Crippen LogP contribution in [0.4, 0.5) is 0 Å². The first kappa shape index (κ1) is 11.5. The van der Waals surface area contributed by atoms with Gasteiger partial charge in [-0.15, -0.1) is 0 Å². The number of nitrogens with zero attached hydrogens (tertiary/aromatic N) is 2. The van der Waals surface area contributed by atoms with Gasteiger partial charge in [0.05, 0.1) is 12.7 Å². The molecule has 5 nitrogen and oxygen atoms in total. The number of rotatable bonds is 4. The second kappa shape index (κ2) is 4.92. The fourth-order valence-corrected chi connectivity index (χ4v) is 2.06. The average molecular weight is 250 g/mol. The standard InChI is InChI=1S/C11H10N2O3S/c1-16-10(15)5-13-4-9(6-14)11(12-13)8-2-3-17-7-8/h2-4,6-7H,5H2,1H3. The molecule has 0 aliphatic carbocycles. The molecule has 0 fully saturated rings. The van der Waals surface area contributed by atoms with Crippen molar-refractivity contribution in [2.24, 2.45) is 0 Å². The summed E-state index contributed by atoms with van der Waals surface area (Å²) in [6.45, 7) is 0.00147. The molecule has 6 heteroatoms. The van der Waals surface area contributed by atoms with E-state index in [9.17, 15) is 9.59 Å². The molecule has 88 valence electrons. The van der Waals surface area contributed by atoms with Gasteiger partial charge in [0.2, 0.25) is 0 Å². The number of ether oxygens (including phenoxy) is 1. The Labute approximate surface area is 102 Å². The second-order valence-electron chi connectivity index (χ2n) is 3.34. The fraction of sp³-hybridized carbons (Fsp3) is 0.182. The van der Waals surface area contributed by atoms with Crippen molar-refractivity contribution in [1.82, 2.24) is 9.78 Å². The van der Waals surface area contributed by atoms with E-state index in [0.29, 0.717) is 11.3 Å². The second-order valence-corrected chi connectivity index (χ2v) is 4.12. The van der Waals surface area contributed by atoms with Gasteiger partial charge in [0.1, 0.15) is 12.2 Å². The third-order valence-electron chi connectivity index (χ3n) is 2.23. The van der Waals surface area contributed by atoms with Crippen LogP contribution >= 0.6 is 11.3 Å². The molecule has 2 heterocycles. The monoisotopic (exact) mass is 250 g/mol. The van der Waals surface area contributed by atoms with E-state index in [1.807, 2.05) is 16.8 Å². The maximum absolute atomic E-state index is 11.1. The Kier molecular flexibility index (Phi) is 3.34.